The first kappa shape index (κ1) is 23.4. The van der Waals surface area contributed by atoms with Crippen molar-refractivity contribution in [3.05, 3.63) is 12.2 Å². The van der Waals surface area contributed by atoms with E-state index in [1.54, 1.807) is 0 Å². The zero-order valence-electron chi connectivity index (χ0n) is 21.8. The predicted molar refractivity (Wildman–Crippen MR) is 132 cm³/mol. The molecule has 2 heteroatoms. The van der Waals surface area contributed by atoms with Crippen LogP contribution in [0.2, 0.25) is 0 Å². The number of allylic oxidation sites excluding steroid dienone is 1. The standard InChI is InChI=1S/C30H50O2/c1-19(2)20-10-13-26(3)16-17-29(6)21(25(20)26)8-9-23-27(4)14-12-24(32)28(5,18-31)22(27)11-15-30(23,29)7/h20-25,31-32H,1,8-18H2,2-7H3/t20-,21+,22-,23+,24-,25+,26+,27-,28+,29+,30+/m0/s1. The number of fused-ring (bicyclic) bond motifs is 7. The molecule has 5 rings (SSSR count). The van der Waals surface area contributed by atoms with Crippen LogP contribution in [0.15, 0.2) is 12.2 Å². The average Bonchev–Trinajstić information content (AvgIpc) is 3.09. The highest BCUT2D eigenvalue weighted by molar-refractivity contribution is 5.21. The van der Waals surface area contributed by atoms with E-state index in [1.807, 2.05) is 0 Å². The summed E-state index contributed by atoms with van der Waals surface area (Å²) < 4.78 is 0. The lowest BCUT2D eigenvalue weighted by molar-refractivity contribution is -0.253. The summed E-state index contributed by atoms with van der Waals surface area (Å²) in [4.78, 5) is 0. The largest absolute Gasteiger partial charge is 0.396 e. The van der Waals surface area contributed by atoms with Crippen LogP contribution in [0.3, 0.4) is 0 Å². The van der Waals surface area contributed by atoms with Crippen molar-refractivity contribution < 1.29 is 10.2 Å². The summed E-state index contributed by atoms with van der Waals surface area (Å²) in [6, 6.07) is 0. The van der Waals surface area contributed by atoms with Crippen LogP contribution in [0.25, 0.3) is 0 Å². The third-order valence-electron chi connectivity index (χ3n) is 13.6. The van der Waals surface area contributed by atoms with Crippen molar-refractivity contribution in [2.75, 3.05) is 6.61 Å². The van der Waals surface area contributed by atoms with E-state index in [0.717, 1.165) is 30.6 Å². The van der Waals surface area contributed by atoms with Gasteiger partial charge in [-0.05, 0) is 122 Å². The second kappa shape index (κ2) is 7.09. The first-order valence-corrected chi connectivity index (χ1v) is 13.8. The highest BCUT2D eigenvalue weighted by Gasteiger charge is 2.70. The van der Waals surface area contributed by atoms with Gasteiger partial charge >= 0.3 is 0 Å². The molecule has 0 radical (unpaired) electrons. The molecule has 0 unspecified atom stereocenters. The lowest BCUT2D eigenvalue weighted by atomic mass is 9.32. The summed E-state index contributed by atoms with van der Waals surface area (Å²) in [5.74, 6) is 3.51. The molecule has 0 aromatic heterocycles. The van der Waals surface area contributed by atoms with Gasteiger partial charge in [0, 0.05) is 5.41 Å². The summed E-state index contributed by atoms with van der Waals surface area (Å²) in [5.41, 5.74) is 2.62. The Labute approximate surface area is 197 Å². The first-order chi connectivity index (χ1) is 14.9. The molecule has 32 heavy (non-hydrogen) atoms. The predicted octanol–water partition coefficient (Wildman–Crippen LogP) is 7.00. The topological polar surface area (TPSA) is 40.5 Å². The highest BCUT2D eigenvalue weighted by Crippen LogP contribution is 2.77. The Morgan fingerprint density at radius 3 is 2.19 bits per heavy atom. The van der Waals surface area contributed by atoms with Gasteiger partial charge in [-0.3, -0.25) is 0 Å². The molecule has 0 aliphatic heterocycles. The molecule has 0 heterocycles. The maximum absolute atomic E-state index is 10.9. The average molecular weight is 443 g/mol. The van der Waals surface area contributed by atoms with Gasteiger partial charge in [0.25, 0.3) is 0 Å². The molecule has 0 amide bonds. The van der Waals surface area contributed by atoms with E-state index < -0.39 is 0 Å². The van der Waals surface area contributed by atoms with Crippen molar-refractivity contribution >= 4 is 0 Å². The molecule has 5 fully saturated rings. The fourth-order valence-electron chi connectivity index (χ4n) is 11.5. The fraction of sp³-hybridized carbons (Fsp3) is 0.933. The summed E-state index contributed by atoms with van der Waals surface area (Å²) in [6.07, 6.45) is 12.3. The molecule has 2 N–H and O–H groups in total. The Morgan fingerprint density at radius 2 is 1.53 bits per heavy atom. The molecule has 0 aromatic rings. The van der Waals surface area contributed by atoms with Crippen LogP contribution in [-0.2, 0) is 0 Å². The Kier molecular flexibility index (Phi) is 5.19. The van der Waals surface area contributed by atoms with Gasteiger partial charge in [0.05, 0.1) is 12.7 Å². The van der Waals surface area contributed by atoms with Gasteiger partial charge in [0.2, 0.25) is 0 Å². The minimum absolute atomic E-state index is 0.123. The van der Waals surface area contributed by atoms with Gasteiger partial charge in [0.1, 0.15) is 0 Å². The van der Waals surface area contributed by atoms with Crippen LogP contribution < -0.4 is 0 Å². The summed E-state index contributed by atoms with van der Waals surface area (Å²) >= 11 is 0. The van der Waals surface area contributed by atoms with E-state index in [-0.39, 0.29) is 23.5 Å². The van der Waals surface area contributed by atoms with Crippen molar-refractivity contribution in [2.24, 2.45) is 56.7 Å². The molecule has 0 aromatic carbocycles. The summed E-state index contributed by atoms with van der Waals surface area (Å²) in [5, 5.41) is 21.3. The van der Waals surface area contributed by atoms with E-state index in [2.05, 4.69) is 48.1 Å². The lowest BCUT2D eigenvalue weighted by Gasteiger charge is -2.73. The molecule has 11 atom stereocenters. The Balaban J connectivity index is 1.54. The van der Waals surface area contributed by atoms with E-state index in [9.17, 15) is 10.2 Å². The highest BCUT2D eigenvalue weighted by atomic mass is 16.3. The molecule has 0 bridgehead atoms. The van der Waals surface area contributed by atoms with Gasteiger partial charge in [-0.1, -0.05) is 46.8 Å². The van der Waals surface area contributed by atoms with Crippen molar-refractivity contribution in [2.45, 2.75) is 112 Å². The van der Waals surface area contributed by atoms with Crippen LogP contribution in [0.5, 0.6) is 0 Å². The van der Waals surface area contributed by atoms with Crippen molar-refractivity contribution in [3.8, 4) is 0 Å². The smallest absolute Gasteiger partial charge is 0.0618 e. The number of aliphatic hydroxyl groups is 2. The molecule has 5 aliphatic rings. The Morgan fingerprint density at radius 1 is 0.812 bits per heavy atom. The van der Waals surface area contributed by atoms with Gasteiger partial charge in [-0.25, -0.2) is 0 Å². The number of hydrogen-bond donors (Lipinski definition) is 2. The number of aliphatic hydroxyl groups excluding tert-OH is 2. The SMILES string of the molecule is C=C(C)[C@@H]1CC[C@]2(C)CC[C@]3(C)[C@H](CC[C@@H]4[C@@]5(C)CC[C@H](O)[C@](C)(CO)[C@H]5CC[C@]43C)[C@@H]12. The monoisotopic (exact) mass is 442 g/mol. The maximum Gasteiger partial charge on any atom is 0.0618 e. The molecular weight excluding hydrogens is 392 g/mol. The maximum atomic E-state index is 10.9. The molecule has 0 spiro atoms. The zero-order chi connectivity index (χ0) is 23.3. The van der Waals surface area contributed by atoms with Gasteiger partial charge in [-0.15, -0.1) is 0 Å². The van der Waals surface area contributed by atoms with E-state index in [0.29, 0.717) is 28.1 Å². The summed E-state index contributed by atoms with van der Waals surface area (Å²) in [7, 11) is 0. The zero-order valence-corrected chi connectivity index (χ0v) is 21.8. The lowest BCUT2D eigenvalue weighted by Crippen LogP contribution is -2.67. The van der Waals surface area contributed by atoms with Crippen LogP contribution in [0.4, 0.5) is 0 Å². The van der Waals surface area contributed by atoms with Gasteiger partial charge < -0.3 is 10.2 Å². The van der Waals surface area contributed by atoms with E-state index >= 15 is 0 Å². The third-order valence-corrected chi connectivity index (χ3v) is 13.6. The van der Waals surface area contributed by atoms with Gasteiger partial charge in [0.15, 0.2) is 0 Å². The van der Waals surface area contributed by atoms with E-state index in [1.165, 1.54) is 56.9 Å². The van der Waals surface area contributed by atoms with Crippen molar-refractivity contribution in [3.63, 3.8) is 0 Å². The van der Waals surface area contributed by atoms with Crippen molar-refractivity contribution in [1.82, 2.24) is 0 Å². The summed E-state index contributed by atoms with van der Waals surface area (Å²) in [6.45, 7) is 19.6. The van der Waals surface area contributed by atoms with E-state index in [4.69, 9.17) is 0 Å². The number of hydrogen-bond acceptors (Lipinski definition) is 2. The van der Waals surface area contributed by atoms with Crippen LogP contribution in [0.1, 0.15) is 106 Å². The molecule has 0 saturated heterocycles. The van der Waals surface area contributed by atoms with Gasteiger partial charge in [-0.2, -0.15) is 0 Å². The number of rotatable bonds is 2. The third kappa shape index (κ3) is 2.66. The van der Waals surface area contributed by atoms with Crippen LogP contribution >= 0.6 is 0 Å². The first-order valence-electron chi connectivity index (χ1n) is 13.8. The quantitative estimate of drug-likeness (QED) is 0.452. The molecule has 2 nitrogen and oxygen atoms in total. The van der Waals surface area contributed by atoms with Crippen LogP contribution in [-0.4, -0.2) is 22.9 Å². The fourth-order valence-corrected chi connectivity index (χ4v) is 11.5. The Bertz CT molecular complexity index is 790. The molecular formula is C30H50O2. The molecule has 5 saturated carbocycles. The molecule has 5 aliphatic carbocycles. The normalized spacial score (nSPS) is 59.5. The van der Waals surface area contributed by atoms with Crippen LogP contribution in [0, 0.1) is 56.7 Å². The Hall–Kier alpha value is -0.340. The second-order valence-electron chi connectivity index (χ2n) is 14.6. The second-order valence-corrected chi connectivity index (χ2v) is 14.6. The molecule has 182 valence electrons. The van der Waals surface area contributed by atoms with Crippen molar-refractivity contribution in [1.29, 1.82) is 0 Å². The minimum atomic E-state index is -0.355. The minimum Gasteiger partial charge on any atom is -0.396 e.